The molecule has 0 amide bonds. The molecule has 0 aromatic heterocycles. The van der Waals surface area contributed by atoms with Crippen molar-refractivity contribution in [3.8, 4) is 0 Å². The quantitative estimate of drug-likeness (QED) is 0.655. The first kappa shape index (κ1) is 13.6. The van der Waals surface area contributed by atoms with Gasteiger partial charge in [0.05, 0.1) is 12.0 Å². The van der Waals surface area contributed by atoms with Crippen molar-refractivity contribution in [3.05, 3.63) is 35.9 Å². The van der Waals surface area contributed by atoms with Crippen molar-refractivity contribution >= 4 is 13.8 Å². The zero-order chi connectivity index (χ0) is 14.2. The second-order valence-electron chi connectivity index (χ2n) is 5.67. The van der Waals surface area contributed by atoms with E-state index in [-0.39, 0.29) is 30.4 Å². The molecule has 1 aromatic rings. The van der Waals surface area contributed by atoms with E-state index in [1.165, 1.54) is 0 Å². The Morgan fingerprint density at radius 1 is 1.50 bits per heavy atom. The van der Waals surface area contributed by atoms with Crippen LogP contribution in [0, 0.1) is 5.92 Å². The number of fused-ring (bicyclic) bond motifs is 2. The fourth-order valence-corrected chi connectivity index (χ4v) is 3.15. The highest BCUT2D eigenvalue weighted by molar-refractivity contribution is 6.12. The van der Waals surface area contributed by atoms with Gasteiger partial charge in [-0.25, -0.2) is 0 Å². The van der Waals surface area contributed by atoms with Crippen molar-refractivity contribution in [1.82, 2.24) is 5.32 Å². The minimum Gasteiger partial charge on any atom is -0.461 e. The standard InChI is InChI=1S/C15H18BNO3/c1-10-13-14(16)20-15(10,9-17-13)7-12(18)19-8-11-5-3-2-4-6-11/h2-6,10,13-14,17H,7-9H2,1H3/t10-,13?,14-,15+/m1/s1. The zero-order valence-electron chi connectivity index (χ0n) is 11.5. The minimum atomic E-state index is -0.502. The molecule has 2 radical (unpaired) electrons. The van der Waals surface area contributed by atoms with E-state index in [0.717, 1.165) is 5.56 Å². The Morgan fingerprint density at radius 2 is 2.25 bits per heavy atom. The normalized spacial score (nSPS) is 35.1. The summed E-state index contributed by atoms with van der Waals surface area (Å²) >= 11 is 0. The second-order valence-corrected chi connectivity index (χ2v) is 5.67. The minimum absolute atomic E-state index is 0.136. The third-order valence-electron chi connectivity index (χ3n) is 4.42. The fourth-order valence-electron chi connectivity index (χ4n) is 3.15. The second kappa shape index (κ2) is 5.22. The number of hydrogen-bond donors (Lipinski definition) is 1. The molecule has 1 N–H and O–H groups in total. The molecule has 2 aliphatic rings. The van der Waals surface area contributed by atoms with Crippen LogP contribution in [0.1, 0.15) is 18.9 Å². The number of ether oxygens (including phenoxy) is 2. The molecular formula is C15H18BNO3. The van der Waals surface area contributed by atoms with E-state index in [1.54, 1.807) is 0 Å². The van der Waals surface area contributed by atoms with Crippen molar-refractivity contribution in [2.45, 2.75) is 37.6 Å². The van der Waals surface area contributed by atoms with Crippen LogP contribution in [0.25, 0.3) is 0 Å². The van der Waals surface area contributed by atoms with Gasteiger partial charge in [0, 0.05) is 24.5 Å². The van der Waals surface area contributed by atoms with Gasteiger partial charge < -0.3 is 14.8 Å². The van der Waals surface area contributed by atoms with Crippen LogP contribution < -0.4 is 5.32 Å². The summed E-state index contributed by atoms with van der Waals surface area (Å²) in [6, 6.07) is 9.46. The average molecular weight is 271 g/mol. The third-order valence-corrected chi connectivity index (χ3v) is 4.42. The van der Waals surface area contributed by atoms with Gasteiger partial charge in [-0.1, -0.05) is 37.3 Å². The molecular weight excluding hydrogens is 253 g/mol. The van der Waals surface area contributed by atoms with E-state index >= 15 is 0 Å². The molecule has 20 heavy (non-hydrogen) atoms. The van der Waals surface area contributed by atoms with Gasteiger partial charge >= 0.3 is 5.97 Å². The number of benzene rings is 1. The van der Waals surface area contributed by atoms with E-state index in [2.05, 4.69) is 12.2 Å². The Kier molecular flexibility index (Phi) is 3.56. The molecule has 2 fully saturated rings. The zero-order valence-corrected chi connectivity index (χ0v) is 11.5. The van der Waals surface area contributed by atoms with Gasteiger partial charge in [-0.2, -0.15) is 0 Å². The Balaban J connectivity index is 1.57. The van der Waals surface area contributed by atoms with Crippen LogP contribution in [0.5, 0.6) is 0 Å². The summed E-state index contributed by atoms with van der Waals surface area (Å²) in [6.45, 7) is 3.03. The summed E-state index contributed by atoms with van der Waals surface area (Å²) in [5, 5.41) is 3.32. The maximum absolute atomic E-state index is 12.0. The first-order valence-electron chi connectivity index (χ1n) is 6.97. The lowest BCUT2D eigenvalue weighted by Crippen LogP contribution is -2.46. The lowest BCUT2D eigenvalue weighted by atomic mass is 9.84. The van der Waals surface area contributed by atoms with Gasteiger partial charge in [-0.3, -0.25) is 4.79 Å². The fraction of sp³-hybridized carbons (Fsp3) is 0.533. The van der Waals surface area contributed by atoms with Gasteiger partial charge in [0.1, 0.15) is 14.5 Å². The van der Waals surface area contributed by atoms with Crippen molar-refractivity contribution in [2.75, 3.05) is 6.54 Å². The maximum atomic E-state index is 12.0. The van der Waals surface area contributed by atoms with E-state index < -0.39 is 5.60 Å². The molecule has 2 heterocycles. The van der Waals surface area contributed by atoms with Crippen molar-refractivity contribution in [2.24, 2.45) is 5.92 Å². The number of hydrogen-bond acceptors (Lipinski definition) is 4. The SMILES string of the molecule is [B][C@@H]1O[C@@]2(CC(=O)OCc3ccccc3)CNC1[C@H]2C. The summed E-state index contributed by atoms with van der Waals surface area (Å²) in [7, 11) is 5.90. The molecule has 2 aliphatic heterocycles. The van der Waals surface area contributed by atoms with Gasteiger partial charge in [-0.15, -0.1) is 0 Å². The first-order chi connectivity index (χ1) is 9.61. The highest BCUT2D eigenvalue weighted by atomic mass is 16.5. The average Bonchev–Trinajstić information content (AvgIpc) is 2.86. The molecule has 3 rings (SSSR count). The number of rotatable bonds is 4. The van der Waals surface area contributed by atoms with E-state index in [9.17, 15) is 4.79 Å². The molecule has 1 aromatic carbocycles. The highest BCUT2D eigenvalue weighted by Crippen LogP contribution is 2.42. The molecule has 0 aliphatic carbocycles. The van der Waals surface area contributed by atoms with Crippen LogP contribution in [0.4, 0.5) is 0 Å². The van der Waals surface area contributed by atoms with Crippen molar-refractivity contribution in [1.29, 1.82) is 0 Å². The number of carbonyl (C=O) groups is 1. The van der Waals surface area contributed by atoms with Crippen LogP contribution in [0.2, 0.25) is 0 Å². The molecule has 4 atom stereocenters. The van der Waals surface area contributed by atoms with Crippen molar-refractivity contribution in [3.63, 3.8) is 0 Å². The molecule has 0 saturated carbocycles. The lowest BCUT2D eigenvalue weighted by molar-refractivity contribution is -0.153. The summed E-state index contributed by atoms with van der Waals surface area (Å²) in [6.07, 6.45) is 0.248. The monoisotopic (exact) mass is 271 g/mol. The lowest BCUT2D eigenvalue weighted by Gasteiger charge is -2.30. The first-order valence-corrected chi connectivity index (χ1v) is 6.97. The molecule has 104 valence electrons. The summed E-state index contributed by atoms with van der Waals surface area (Å²) < 4.78 is 11.1. The van der Waals surface area contributed by atoms with Crippen LogP contribution >= 0.6 is 0 Å². The predicted molar refractivity (Wildman–Crippen MR) is 75.2 cm³/mol. The third kappa shape index (κ3) is 2.36. The van der Waals surface area contributed by atoms with Gasteiger partial charge in [-0.05, 0) is 5.56 Å². The maximum Gasteiger partial charge on any atom is 0.309 e. The highest BCUT2D eigenvalue weighted by Gasteiger charge is 2.56. The Labute approximate surface area is 120 Å². The molecule has 0 spiro atoms. The molecule has 2 saturated heterocycles. The van der Waals surface area contributed by atoms with E-state index in [0.29, 0.717) is 13.2 Å². The van der Waals surface area contributed by atoms with Gasteiger partial charge in [0.15, 0.2) is 0 Å². The van der Waals surface area contributed by atoms with Gasteiger partial charge in [0.25, 0.3) is 0 Å². The number of carbonyl (C=O) groups excluding carboxylic acids is 1. The van der Waals surface area contributed by atoms with E-state index in [4.69, 9.17) is 17.3 Å². The molecule has 5 heteroatoms. The number of esters is 1. The summed E-state index contributed by atoms with van der Waals surface area (Å²) in [4.78, 5) is 12.0. The van der Waals surface area contributed by atoms with Crippen LogP contribution in [-0.2, 0) is 20.9 Å². The molecule has 1 unspecified atom stereocenters. The van der Waals surface area contributed by atoms with Crippen LogP contribution in [0.3, 0.4) is 0 Å². The van der Waals surface area contributed by atoms with Crippen molar-refractivity contribution < 1.29 is 14.3 Å². The topological polar surface area (TPSA) is 47.6 Å². The molecule has 4 nitrogen and oxygen atoms in total. The summed E-state index contributed by atoms with van der Waals surface area (Å²) in [5.41, 5.74) is 0.482. The number of nitrogens with one attached hydrogen (secondary N) is 1. The molecule has 2 bridgehead atoms. The summed E-state index contributed by atoms with van der Waals surface area (Å²) in [5.74, 6) is -0.0148. The van der Waals surface area contributed by atoms with Crippen LogP contribution in [-0.4, -0.2) is 38.0 Å². The van der Waals surface area contributed by atoms with Gasteiger partial charge in [0.2, 0.25) is 0 Å². The smallest absolute Gasteiger partial charge is 0.309 e. The Bertz CT molecular complexity index is 495. The Morgan fingerprint density at radius 3 is 2.85 bits per heavy atom. The largest absolute Gasteiger partial charge is 0.461 e. The van der Waals surface area contributed by atoms with E-state index in [1.807, 2.05) is 30.3 Å². The van der Waals surface area contributed by atoms with Crippen LogP contribution in [0.15, 0.2) is 30.3 Å². The Hall–Kier alpha value is -1.33. The number of morpholine rings is 1. The predicted octanol–water partition coefficient (Wildman–Crippen LogP) is 0.991.